The van der Waals surface area contributed by atoms with E-state index >= 15 is 0 Å². The monoisotopic (exact) mass is 550 g/mol. The number of unbranched alkanes of at least 4 members (excludes halogenated alkanes) is 17. The lowest BCUT2D eigenvalue weighted by Gasteiger charge is -2.08. The fourth-order valence-corrected chi connectivity index (χ4v) is 5.26. The molecule has 4 heteroatoms. The van der Waals surface area contributed by atoms with E-state index in [1.165, 1.54) is 128 Å². The lowest BCUT2D eigenvalue weighted by molar-refractivity contribution is 0.537. The Bertz CT molecular complexity index is 851. The van der Waals surface area contributed by atoms with Gasteiger partial charge in [-0.2, -0.15) is 0 Å². The Hall–Kier alpha value is -2.10. The van der Waals surface area contributed by atoms with Crippen LogP contribution in [0.4, 0.5) is 0 Å². The summed E-state index contributed by atoms with van der Waals surface area (Å²) in [4.78, 5) is 9.53. The van der Waals surface area contributed by atoms with Gasteiger partial charge in [-0.25, -0.2) is 0 Å². The molecule has 0 saturated heterocycles. The Balaban J connectivity index is 1.48. The van der Waals surface area contributed by atoms with Gasteiger partial charge in [0.05, 0.1) is 10.7 Å². The maximum absolute atomic E-state index is 4.76. The van der Waals surface area contributed by atoms with Gasteiger partial charge < -0.3 is 9.13 Å². The van der Waals surface area contributed by atoms with Crippen molar-refractivity contribution < 1.29 is 0 Å². The maximum Gasteiger partial charge on any atom is 0.0603 e. The van der Waals surface area contributed by atoms with E-state index in [-0.39, 0.29) is 0 Å². The van der Waals surface area contributed by atoms with E-state index in [2.05, 4.69) is 72.0 Å². The average molecular weight is 551 g/mol. The van der Waals surface area contributed by atoms with Gasteiger partial charge in [0.15, 0.2) is 0 Å². The number of aryl methyl sites for hydroxylation is 2. The molecule has 2 heterocycles. The van der Waals surface area contributed by atoms with Crippen molar-refractivity contribution in [2.24, 2.45) is 9.98 Å². The van der Waals surface area contributed by atoms with Crippen LogP contribution in [0.15, 0.2) is 59.0 Å². The standard InChI is InChI=1S/C36H62N4/c1-3-5-7-9-11-13-15-19-27-37-35-23-31-39(32-24-35)29-21-17-18-22-30-40-33-25-36(26-34-40)38-28-20-16-14-12-10-8-6-4-2/h23-26,31-34H,3-22,27-30H2,1-2H3. The molecule has 0 N–H and O–H groups in total. The zero-order valence-electron chi connectivity index (χ0n) is 26.4. The highest BCUT2D eigenvalue weighted by Gasteiger charge is 1.95. The van der Waals surface area contributed by atoms with Crippen LogP contribution in [-0.2, 0) is 13.1 Å². The Morgan fingerprint density at radius 3 is 1.05 bits per heavy atom. The van der Waals surface area contributed by atoms with Crippen LogP contribution >= 0.6 is 0 Å². The van der Waals surface area contributed by atoms with E-state index in [9.17, 15) is 0 Å². The summed E-state index contributed by atoms with van der Waals surface area (Å²) in [5, 5.41) is 2.26. The maximum atomic E-state index is 4.76. The molecule has 0 spiro atoms. The Kier molecular flexibility index (Phi) is 21.0. The van der Waals surface area contributed by atoms with Crippen molar-refractivity contribution in [1.82, 2.24) is 9.13 Å². The molecule has 0 bridgehead atoms. The fraction of sp³-hybridized carbons (Fsp3) is 0.722. The third-order valence-corrected chi connectivity index (χ3v) is 7.94. The van der Waals surface area contributed by atoms with Crippen LogP contribution in [0.2, 0.25) is 0 Å². The van der Waals surface area contributed by atoms with Crippen LogP contribution in [0.3, 0.4) is 0 Å². The summed E-state index contributed by atoms with van der Waals surface area (Å²) in [6.45, 7) is 8.69. The van der Waals surface area contributed by atoms with Crippen molar-refractivity contribution in [1.29, 1.82) is 0 Å². The summed E-state index contributed by atoms with van der Waals surface area (Å²) in [7, 11) is 0. The summed E-state index contributed by atoms with van der Waals surface area (Å²) in [5.41, 5.74) is 0. The summed E-state index contributed by atoms with van der Waals surface area (Å²) < 4.78 is 4.61. The predicted molar refractivity (Wildman–Crippen MR) is 173 cm³/mol. The van der Waals surface area contributed by atoms with Gasteiger partial charge in [-0.3, -0.25) is 9.98 Å². The molecule has 0 aliphatic heterocycles. The van der Waals surface area contributed by atoms with Gasteiger partial charge in [0.1, 0.15) is 0 Å². The van der Waals surface area contributed by atoms with Gasteiger partial charge in [0.25, 0.3) is 0 Å². The Morgan fingerprint density at radius 2 is 0.700 bits per heavy atom. The second-order valence-corrected chi connectivity index (χ2v) is 11.7. The van der Waals surface area contributed by atoms with Crippen LogP contribution in [0, 0.1) is 0 Å². The minimum Gasteiger partial charge on any atom is -0.354 e. The molecule has 0 atom stereocenters. The third-order valence-electron chi connectivity index (χ3n) is 7.94. The minimum atomic E-state index is 0.966. The van der Waals surface area contributed by atoms with Gasteiger partial charge in [-0.1, -0.05) is 117 Å². The first kappa shape index (κ1) is 34.1. The summed E-state index contributed by atoms with van der Waals surface area (Å²) >= 11 is 0. The fourth-order valence-electron chi connectivity index (χ4n) is 5.26. The Morgan fingerprint density at radius 1 is 0.400 bits per heavy atom. The van der Waals surface area contributed by atoms with Crippen LogP contribution in [0.25, 0.3) is 0 Å². The van der Waals surface area contributed by atoms with Gasteiger partial charge in [0.2, 0.25) is 0 Å². The van der Waals surface area contributed by atoms with Crippen molar-refractivity contribution in [2.75, 3.05) is 13.1 Å². The molecule has 0 aliphatic carbocycles. The quantitative estimate of drug-likeness (QED) is 0.110. The average Bonchev–Trinajstić information content (AvgIpc) is 2.98. The normalized spacial score (nSPS) is 11.2. The molecule has 4 nitrogen and oxygen atoms in total. The third kappa shape index (κ3) is 18.3. The SMILES string of the molecule is CCCCCCCCCCN=c1ccn(CCCCCCn2ccc(=NCCCCCCCCCC)cc2)cc1. The first-order chi connectivity index (χ1) is 19.8. The summed E-state index contributed by atoms with van der Waals surface area (Å²) in [5.74, 6) is 0. The van der Waals surface area contributed by atoms with Crippen molar-refractivity contribution in [3.05, 3.63) is 59.8 Å². The lowest BCUT2D eigenvalue weighted by Crippen LogP contribution is -2.07. The van der Waals surface area contributed by atoms with E-state index in [4.69, 9.17) is 9.98 Å². The predicted octanol–water partition coefficient (Wildman–Crippen LogP) is 9.63. The van der Waals surface area contributed by atoms with Gasteiger partial charge in [0, 0.05) is 51.0 Å². The Labute approximate surface area is 247 Å². The second kappa shape index (κ2) is 24.7. The zero-order chi connectivity index (χ0) is 28.4. The largest absolute Gasteiger partial charge is 0.354 e. The summed E-state index contributed by atoms with van der Waals surface area (Å²) in [6.07, 6.45) is 35.6. The van der Waals surface area contributed by atoms with Crippen LogP contribution in [-0.4, -0.2) is 22.2 Å². The van der Waals surface area contributed by atoms with Crippen LogP contribution in [0.1, 0.15) is 142 Å². The van der Waals surface area contributed by atoms with Crippen molar-refractivity contribution in [2.45, 2.75) is 155 Å². The first-order valence-corrected chi connectivity index (χ1v) is 17.1. The number of rotatable bonds is 25. The highest BCUT2D eigenvalue weighted by Crippen LogP contribution is 2.09. The minimum absolute atomic E-state index is 0.966. The van der Waals surface area contributed by atoms with E-state index in [1.54, 1.807) is 0 Å². The van der Waals surface area contributed by atoms with Crippen LogP contribution < -0.4 is 10.7 Å². The molecular formula is C36H62N4. The van der Waals surface area contributed by atoms with Crippen molar-refractivity contribution in [3.63, 3.8) is 0 Å². The second-order valence-electron chi connectivity index (χ2n) is 11.7. The molecule has 0 unspecified atom stereocenters. The molecule has 226 valence electrons. The van der Waals surface area contributed by atoms with E-state index < -0.39 is 0 Å². The number of aromatic nitrogens is 2. The molecule has 40 heavy (non-hydrogen) atoms. The smallest absolute Gasteiger partial charge is 0.0603 e. The number of hydrogen-bond acceptors (Lipinski definition) is 2. The molecule has 0 saturated carbocycles. The first-order valence-electron chi connectivity index (χ1n) is 17.1. The molecule has 2 rings (SSSR count). The molecule has 0 amide bonds. The van der Waals surface area contributed by atoms with E-state index in [0.717, 1.165) is 36.9 Å². The number of pyridine rings is 2. The number of hydrogen-bond donors (Lipinski definition) is 0. The molecule has 0 fully saturated rings. The molecule has 2 aromatic heterocycles. The molecular weight excluding hydrogens is 488 g/mol. The highest BCUT2D eigenvalue weighted by molar-refractivity contribution is 4.94. The molecule has 0 radical (unpaired) electrons. The van der Waals surface area contributed by atoms with Crippen molar-refractivity contribution >= 4 is 0 Å². The zero-order valence-corrected chi connectivity index (χ0v) is 26.4. The summed E-state index contributed by atoms with van der Waals surface area (Å²) in [6, 6.07) is 8.69. The number of nitrogens with zero attached hydrogens (tertiary/aromatic N) is 4. The topological polar surface area (TPSA) is 34.6 Å². The van der Waals surface area contributed by atoms with Gasteiger partial charge >= 0.3 is 0 Å². The van der Waals surface area contributed by atoms with E-state index in [0.29, 0.717) is 0 Å². The van der Waals surface area contributed by atoms with Gasteiger partial charge in [-0.05, 0) is 49.9 Å². The molecule has 2 aromatic rings. The molecule has 0 aliphatic rings. The molecule has 0 aromatic carbocycles. The lowest BCUT2D eigenvalue weighted by atomic mass is 10.1. The van der Waals surface area contributed by atoms with E-state index in [1.807, 2.05) is 0 Å². The van der Waals surface area contributed by atoms with Crippen molar-refractivity contribution in [3.8, 4) is 0 Å². The van der Waals surface area contributed by atoms with Gasteiger partial charge in [-0.15, -0.1) is 0 Å². The highest BCUT2D eigenvalue weighted by atomic mass is 14.9. The van der Waals surface area contributed by atoms with Crippen LogP contribution in [0.5, 0.6) is 0 Å².